The lowest BCUT2D eigenvalue weighted by Gasteiger charge is -2.38. The Labute approximate surface area is 181 Å². The summed E-state index contributed by atoms with van der Waals surface area (Å²) in [5, 5.41) is 11.3. The number of carbonyl (C=O) groups is 1. The second kappa shape index (κ2) is 9.02. The van der Waals surface area contributed by atoms with Crippen molar-refractivity contribution in [1.82, 2.24) is 9.88 Å². The number of carboxylic acid groups (broad SMARTS) is 1. The minimum Gasteiger partial charge on any atom is -0.494 e. The predicted octanol–water partition coefficient (Wildman–Crippen LogP) is 5.17. The van der Waals surface area contributed by atoms with E-state index in [1.165, 1.54) is 0 Å². The number of pyridine rings is 1. The molecule has 6 heteroatoms. The third-order valence-electron chi connectivity index (χ3n) is 5.66. The molecule has 5 nitrogen and oxygen atoms in total. The van der Waals surface area contributed by atoms with Crippen LogP contribution < -0.4 is 4.74 Å². The average Bonchev–Trinajstić information content (AvgIpc) is 2.76. The van der Waals surface area contributed by atoms with Crippen molar-refractivity contribution in [3.63, 3.8) is 0 Å². The fraction of sp³-hybridized carbons (Fsp3) is 0.333. The van der Waals surface area contributed by atoms with Crippen molar-refractivity contribution in [2.75, 3.05) is 19.7 Å². The van der Waals surface area contributed by atoms with Crippen molar-refractivity contribution >= 4 is 28.5 Å². The summed E-state index contributed by atoms with van der Waals surface area (Å²) in [7, 11) is 0. The zero-order chi connectivity index (χ0) is 21.1. The van der Waals surface area contributed by atoms with Crippen molar-refractivity contribution in [1.29, 1.82) is 0 Å². The van der Waals surface area contributed by atoms with E-state index in [-0.39, 0.29) is 12.0 Å². The molecule has 1 aliphatic rings. The Morgan fingerprint density at radius 1 is 1.30 bits per heavy atom. The number of para-hydroxylation sites is 1. The SMILES string of the molecule is CCOc1ccc(Cl)cc1C(c1cnc2ccccc2c1)N1CCCC(C(=O)O)C1. The molecule has 1 saturated heterocycles. The fourth-order valence-corrected chi connectivity index (χ4v) is 4.47. The smallest absolute Gasteiger partial charge is 0.307 e. The number of fused-ring (bicyclic) bond motifs is 1. The highest BCUT2D eigenvalue weighted by molar-refractivity contribution is 6.30. The number of likely N-dealkylation sites (tertiary alicyclic amines) is 1. The van der Waals surface area contributed by atoms with Crippen LogP contribution in [0.2, 0.25) is 5.02 Å². The van der Waals surface area contributed by atoms with E-state index >= 15 is 0 Å². The molecule has 3 aromatic rings. The van der Waals surface area contributed by atoms with Crippen molar-refractivity contribution in [2.45, 2.75) is 25.8 Å². The number of ether oxygens (including phenoxy) is 1. The van der Waals surface area contributed by atoms with Gasteiger partial charge in [-0.3, -0.25) is 14.7 Å². The Morgan fingerprint density at radius 3 is 2.93 bits per heavy atom. The van der Waals surface area contributed by atoms with Crippen LogP contribution in [0.25, 0.3) is 10.9 Å². The van der Waals surface area contributed by atoms with Gasteiger partial charge in [-0.1, -0.05) is 29.8 Å². The first-order valence-electron chi connectivity index (χ1n) is 10.3. The quantitative estimate of drug-likeness (QED) is 0.591. The van der Waals surface area contributed by atoms with Gasteiger partial charge in [0.2, 0.25) is 0 Å². The molecule has 0 amide bonds. The molecule has 0 aliphatic carbocycles. The number of halogens is 1. The van der Waals surface area contributed by atoms with Gasteiger partial charge < -0.3 is 9.84 Å². The van der Waals surface area contributed by atoms with Crippen LogP contribution in [0.1, 0.15) is 36.9 Å². The highest BCUT2D eigenvalue weighted by Crippen LogP contribution is 2.39. The van der Waals surface area contributed by atoms with Crippen LogP contribution in [0.4, 0.5) is 0 Å². The van der Waals surface area contributed by atoms with Gasteiger partial charge in [0.05, 0.1) is 24.1 Å². The summed E-state index contributed by atoms with van der Waals surface area (Å²) in [6.45, 7) is 3.77. The van der Waals surface area contributed by atoms with Crippen molar-refractivity contribution in [3.8, 4) is 5.75 Å². The predicted molar refractivity (Wildman–Crippen MR) is 118 cm³/mol. The molecule has 2 aromatic carbocycles. The maximum Gasteiger partial charge on any atom is 0.307 e. The van der Waals surface area contributed by atoms with E-state index in [0.717, 1.165) is 40.7 Å². The number of carboxylic acids is 1. The second-order valence-electron chi connectivity index (χ2n) is 7.65. The van der Waals surface area contributed by atoms with E-state index in [1.54, 1.807) is 0 Å². The van der Waals surface area contributed by atoms with Crippen LogP contribution in [0.15, 0.2) is 54.7 Å². The van der Waals surface area contributed by atoms with Crippen LogP contribution in [-0.2, 0) is 4.79 Å². The van der Waals surface area contributed by atoms with E-state index < -0.39 is 5.97 Å². The van der Waals surface area contributed by atoms with Gasteiger partial charge in [-0.25, -0.2) is 0 Å². The molecule has 156 valence electrons. The summed E-state index contributed by atoms with van der Waals surface area (Å²) >= 11 is 6.38. The van der Waals surface area contributed by atoms with Crippen molar-refractivity contribution in [2.24, 2.45) is 5.92 Å². The van der Waals surface area contributed by atoms with Gasteiger partial charge in [0.25, 0.3) is 0 Å². The monoisotopic (exact) mass is 424 g/mol. The average molecular weight is 425 g/mol. The molecule has 30 heavy (non-hydrogen) atoms. The van der Waals surface area contributed by atoms with Gasteiger partial charge in [-0.2, -0.15) is 0 Å². The van der Waals surface area contributed by atoms with E-state index in [2.05, 4.69) is 16.0 Å². The van der Waals surface area contributed by atoms with Crippen LogP contribution in [-0.4, -0.2) is 40.7 Å². The highest BCUT2D eigenvalue weighted by atomic mass is 35.5. The molecule has 2 unspecified atom stereocenters. The van der Waals surface area contributed by atoms with E-state index in [4.69, 9.17) is 16.3 Å². The normalized spacial score (nSPS) is 18.3. The molecule has 1 fully saturated rings. The standard InChI is InChI=1S/C24H25ClN2O3/c1-2-30-22-10-9-19(25)13-20(22)23(27-11-5-7-17(15-27)24(28)29)18-12-16-6-3-4-8-21(16)26-14-18/h3-4,6,8-10,12-14,17,23H,2,5,7,11,15H2,1H3,(H,28,29). The number of hydrogen-bond acceptors (Lipinski definition) is 4. The van der Waals surface area contributed by atoms with Crippen LogP contribution in [0, 0.1) is 5.92 Å². The molecule has 1 aromatic heterocycles. The topological polar surface area (TPSA) is 62.7 Å². The number of nitrogens with zero attached hydrogens (tertiary/aromatic N) is 2. The summed E-state index contributed by atoms with van der Waals surface area (Å²) in [6.07, 6.45) is 3.41. The highest BCUT2D eigenvalue weighted by Gasteiger charge is 2.33. The lowest BCUT2D eigenvalue weighted by Crippen LogP contribution is -2.41. The fourth-order valence-electron chi connectivity index (χ4n) is 4.29. The first-order chi connectivity index (χ1) is 14.6. The van der Waals surface area contributed by atoms with E-state index in [0.29, 0.717) is 24.6 Å². The minimum absolute atomic E-state index is 0.190. The molecule has 0 saturated carbocycles. The molecule has 1 aliphatic heterocycles. The van der Waals surface area contributed by atoms with Crippen LogP contribution in [0.5, 0.6) is 5.75 Å². The van der Waals surface area contributed by atoms with Crippen molar-refractivity contribution in [3.05, 3.63) is 70.9 Å². The van der Waals surface area contributed by atoms with Gasteiger partial charge in [-0.15, -0.1) is 0 Å². The second-order valence-corrected chi connectivity index (χ2v) is 8.09. The molecular formula is C24H25ClN2O3. The Bertz CT molecular complexity index is 1060. The Hall–Kier alpha value is -2.63. The number of piperidine rings is 1. The zero-order valence-corrected chi connectivity index (χ0v) is 17.7. The Morgan fingerprint density at radius 2 is 2.13 bits per heavy atom. The van der Waals surface area contributed by atoms with Gasteiger partial charge >= 0.3 is 5.97 Å². The maximum atomic E-state index is 11.7. The molecule has 2 heterocycles. The lowest BCUT2D eigenvalue weighted by atomic mass is 9.91. The number of aromatic nitrogens is 1. The van der Waals surface area contributed by atoms with Gasteiger partial charge in [-0.05, 0) is 62.2 Å². The van der Waals surface area contributed by atoms with Gasteiger partial charge in [0.15, 0.2) is 0 Å². The Balaban J connectivity index is 1.84. The first-order valence-corrected chi connectivity index (χ1v) is 10.7. The molecule has 0 spiro atoms. The molecular weight excluding hydrogens is 400 g/mol. The molecule has 4 rings (SSSR count). The molecule has 2 atom stereocenters. The minimum atomic E-state index is -0.744. The summed E-state index contributed by atoms with van der Waals surface area (Å²) in [4.78, 5) is 18.6. The van der Waals surface area contributed by atoms with Gasteiger partial charge in [0.1, 0.15) is 5.75 Å². The maximum absolute atomic E-state index is 11.7. The summed E-state index contributed by atoms with van der Waals surface area (Å²) < 4.78 is 5.93. The van der Waals surface area contributed by atoms with Crippen LogP contribution >= 0.6 is 11.6 Å². The summed E-state index contributed by atoms with van der Waals surface area (Å²) in [5.41, 5.74) is 2.87. The molecule has 0 bridgehead atoms. The number of rotatable bonds is 6. The van der Waals surface area contributed by atoms with Gasteiger partial charge in [0, 0.05) is 28.7 Å². The third-order valence-corrected chi connectivity index (χ3v) is 5.90. The summed E-state index contributed by atoms with van der Waals surface area (Å²) in [6, 6.07) is 15.6. The van der Waals surface area contributed by atoms with Crippen LogP contribution in [0.3, 0.4) is 0 Å². The third kappa shape index (κ3) is 4.27. The zero-order valence-electron chi connectivity index (χ0n) is 16.9. The summed E-state index contributed by atoms with van der Waals surface area (Å²) in [5.74, 6) is -0.367. The number of hydrogen-bond donors (Lipinski definition) is 1. The lowest BCUT2D eigenvalue weighted by molar-refractivity contribution is -0.143. The molecule has 1 N–H and O–H groups in total. The number of benzene rings is 2. The first kappa shape index (κ1) is 20.6. The number of aliphatic carboxylic acids is 1. The van der Waals surface area contributed by atoms with E-state index in [9.17, 15) is 9.90 Å². The largest absolute Gasteiger partial charge is 0.494 e. The molecule has 0 radical (unpaired) electrons. The Kier molecular flexibility index (Phi) is 6.21. The van der Waals surface area contributed by atoms with E-state index in [1.807, 2.05) is 55.6 Å². The van der Waals surface area contributed by atoms with Crippen molar-refractivity contribution < 1.29 is 14.6 Å².